The molecule has 3 unspecified atom stereocenters. The minimum atomic E-state index is 0.768. The van der Waals surface area contributed by atoms with Crippen molar-refractivity contribution in [2.75, 3.05) is 0 Å². The first-order valence-electron chi connectivity index (χ1n) is 7.93. The first-order valence-corrected chi connectivity index (χ1v) is 7.93. The third-order valence-corrected chi connectivity index (χ3v) is 5.31. The van der Waals surface area contributed by atoms with E-state index in [9.17, 15) is 0 Å². The number of rotatable bonds is 4. The Morgan fingerprint density at radius 1 is 0.765 bits per heavy atom. The zero-order chi connectivity index (χ0) is 12.3. The molecule has 17 heavy (non-hydrogen) atoms. The average Bonchev–Trinajstić information content (AvgIpc) is 2.40. The second-order valence-corrected chi connectivity index (χ2v) is 6.86. The van der Waals surface area contributed by atoms with Crippen molar-refractivity contribution in [2.24, 2.45) is 17.8 Å². The molecule has 0 radical (unpaired) electrons. The van der Waals surface area contributed by atoms with E-state index in [0.717, 1.165) is 29.8 Å². The van der Waals surface area contributed by atoms with Crippen molar-refractivity contribution in [3.05, 3.63) is 0 Å². The van der Waals surface area contributed by atoms with Crippen molar-refractivity contribution < 1.29 is 0 Å². The van der Waals surface area contributed by atoms with Crippen LogP contribution in [0.3, 0.4) is 0 Å². The van der Waals surface area contributed by atoms with Crippen molar-refractivity contribution in [2.45, 2.75) is 84.2 Å². The molecule has 0 saturated heterocycles. The van der Waals surface area contributed by atoms with Crippen LogP contribution in [-0.2, 0) is 0 Å². The Hall–Kier alpha value is -0.0400. The van der Waals surface area contributed by atoms with Crippen LogP contribution in [0, 0.1) is 17.8 Å². The summed E-state index contributed by atoms with van der Waals surface area (Å²) in [4.78, 5) is 0. The molecule has 0 bridgehead atoms. The van der Waals surface area contributed by atoms with E-state index in [1.54, 1.807) is 0 Å². The predicted octanol–water partition coefficient (Wildman–Crippen LogP) is 4.37. The summed E-state index contributed by atoms with van der Waals surface area (Å²) in [5.41, 5.74) is 0. The molecular weight excluding hydrogens is 206 g/mol. The summed E-state index contributed by atoms with van der Waals surface area (Å²) in [6, 6.07) is 1.58. The number of hydrogen-bond donors (Lipinski definition) is 1. The van der Waals surface area contributed by atoms with Gasteiger partial charge in [0.1, 0.15) is 0 Å². The van der Waals surface area contributed by atoms with Crippen molar-refractivity contribution in [1.82, 2.24) is 5.32 Å². The fourth-order valence-electron chi connectivity index (χ4n) is 3.61. The van der Waals surface area contributed by atoms with Crippen LogP contribution in [0.15, 0.2) is 0 Å². The lowest BCUT2D eigenvalue weighted by atomic mass is 9.80. The lowest BCUT2D eigenvalue weighted by Crippen LogP contribution is -2.43. The quantitative estimate of drug-likeness (QED) is 0.716. The third kappa shape index (κ3) is 3.71. The monoisotopic (exact) mass is 237 g/mol. The van der Waals surface area contributed by atoms with Gasteiger partial charge in [-0.15, -0.1) is 0 Å². The fraction of sp³-hybridized carbons (Fsp3) is 1.00. The summed E-state index contributed by atoms with van der Waals surface area (Å²) in [5, 5.41) is 3.92. The van der Waals surface area contributed by atoms with Crippen LogP contribution in [0.1, 0.15) is 72.1 Å². The van der Waals surface area contributed by atoms with Crippen molar-refractivity contribution in [3.63, 3.8) is 0 Å². The molecule has 2 aliphatic rings. The van der Waals surface area contributed by atoms with Gasteiger partial charge in [-0.3, -0.25) is 0 Å². The lowest BCUT2D eigenvalue weighted by molar-refractivity contribution is 0.220. The zero-order valence-corrected chi connectivity index (χ0v) is 12.0. The van der Waals surface area contributed by atoms with Crippen LogP contribution in [0.2, 0.25) is 0 Å². The Kier molecular flexibility index (Phi) is 4.90. The maximum atomic E-state index is 3.92. The van der Waals surface area contributed by atoms with Crippen molar-refractivity contribution in [3.8, 4) is 0 Å². The molecule has 0 heterocycles. The predicted molar refractivity (Wildman–Crippen MR) is 75.1 cm³/mol. The van der Waals surface area contributed by atoms with Crippen LogP contribution in [0.25, 0.3) is 0 Å². The molecule has 3 atom stereocenters. The molecule has 1 N–H and O–H groups in total. The van der Waals surface area contributed by atoms with Crippen LogP contribution in [0.4, 0.5) is 0 Å². The Bertz CT molecular complexity index is 220. The van der Waals surface area contributed by atoms with Gasteiger partial charge in [-0.2, -0.15) is 0 Å². The first-order chi connectivity index (χ1) is 8.16. The minimum absolute atomic E-state index is 0.768. The zero-order valence-electron chi connectivity index (χ0n) is 12.0. The molecule has 2 aliphatic carbocycles. The highest BCUT2D eigenvalue weighted by Gasteiger charge is 2.27. The Morgan fingerprint density at radius 2 is 1.41 bits per heavy atom. The largest absolute Gasteiger partial charge is 0.311 e. The van der Waals surface area contributed by atoms with Crippen LogP contribution in [-0.4, -0.2) is 12.1 Å². The molecule has 0 amide bonds. The highest BCUT2D eigenvalue weighted by Crippen LogP contribution is 2.32. The van der Waals surface area contributed by atoms with Gasteiger partial charge in [-0.1, -0.05) is 33.1 Å². The summed E-state index contributed by atoms with van der Waals surface area (Å²) in [5.74, 6) is 2.86. The Balaban J connectivity index is 1.74. The Labute approximate surface area is 108 Å². The lowest BCUT2D eigenvalue weighted by Gasteiger charge is -2.34. The Morgan fingerprint density at radius 3 is 2.00 bits per heavy atom. The average molecular weight is 237 g/mol. The molecule has 0 aromatic carbocycles. The molecule has 0 spiro atoms. The van der Waals surface area contributed by atoms with Gasteiger partial charge >= 0.3 is 0 Å². The van der Waals surface area contributed by atoms with Gasteiger partial charge in [0.15, 0.2) is 0 Å². The van der Waals surface area contributed by atoms with Crippen LogP contribution < -0.4 is 5.32 Å². The van der Waals surface area contributed by atoms with Crippen molar-refractivity contribution >= 4 is 0 Å². The van der Waals surface area contributed by atoms with E-state index in [1.165, 1.54) is 51.4 Å². The van der Waals surface area contributed by atoms with Gasteiger partial charge in [0.05, 0.1) is 0 Å². The van der Waals surface area contributed by atoms with E-state index in [2.05, 4.69) is 26.1 Å². The maximum Gasteiger partial charge on any atom is 0.00697 e. The maximum absolute atomic E-state index is 3.92. The molecule has 0 aliphatic heterocycles. The smallest absolute Gasteiger partial charge is 0.00697 e. The second kappa shape index (κ2) is 6.22. The van der Waals surface area contributed by atoms with Gasteiger partial charge in [-0.25, -0.2) is 0 Å². The van der Waals surface area contributed by atoms with E-state index in [-0.39, 0.29) is 0 Å². The summed E-state index contributed by atoms with van der Waals surface area (Å²) in [6.45, 7) is 7.21. The first kappa shape index (κ1) is 13.4. The number of nitrogens with one attached hydrogen (secondary N) is 1. The van der Waals surface area contributed by atoms with E-state index < -0.39 is 0 Å². The van der Waals surface area contributed by atoms with Crippen molar-refractivity contribution in [1.29, 1.82) is 0 Å². The van der Waals surface area contributed by atoms with Gasteiger partial charge < -0.3 is 5.32 Å². The van der Waals surface area contributed by atoms with Crippen LogP contribution >= 0.6 is 0 Å². The molecule has 100 valence electrons. The second-order valence-electron chi connectivity index (χ2n) is 6.86. The van der Waals surface area contributed by atoms with E-state index in [1.807, 2.05) is 0 Å². The molecule has 2 rings (SSSR count). The molecule has 0 aromatic rings. The third-order valence-electron chi connectivity index (χ3n) is 5.31. The molecule has 1 nitrogen and oxygen atoms in total. The molecule has 1 heteroatoms. The minimum Gasteiger partial charge on any atom is -0.311 e. The van der Waals surface area contributed by atoms with E-state index >= 15 is 0 Å². The van der Waals surface area contributed by atoms with E-state index in [0.29, 0.717) is 0 Å². The summed E-state index contributed by atoms with van der Waals surface area (Å²) >= 11 is 0. The summed E-state index contributed by atoms with van der Waals surface area (Å²) < 4.78 is 0. The topological polar surface area (TPSA) is 12.0 Å². The SMILES string of the molecule is CC(C)C1CCCC(NC(C)C2CCC2)CC1. The van der Waals surface area contributed by atoms with E-state index in [4.69, 9.17) is 0 Å². The molecule has 0 aromatic heterocycles. The molecule has 2 fully saturated rings. The van der Waals surface area contributed by atoms with Gasteiger partial charge in [0.25, 0.3) is 0 Å². The highest BCUT2D eigenvalue weighted by molar-refractivity contribution is 4.84. The van der Waals surface area contributed by atoms with Gasteiger partial charge in [-0.05, 0) is 56.8 Å². The highest BCUT2D eigenvalue weighted by atomic mass is 15.0. The standard InChI is InChI=1S/C16H31N/c1-12(2)14-6-5-9-16(11-10-14)17-13(3)15-7-4-8-15/h12-17H,4-11H2,1-3H3. The fourth-order valence-corrected chi connectivity index (χ4v) is 3.61. The normalized spacial score (nSPS) is 33.2. The number of hydrogen-bond acceptors (Lipinski definition) is 1. The van der Waals surface area contributed by atoms with Gasteiger partial charge in [0.2, 0.25) is 0 Å². The molecule has 2 saturated carbocycles. The molecular formula is C16H31N. The summed E-state index contributed by atoms with van der Waals surface area (Å²) in [6.07, 6.45) is 11.6. The van der Waals surface area contributed by atoms with Gasteiger partial charge in [0, 0.05) is 12.1 Å². The summed E-state index contributed by atoms with van der Waals surface area (Å²) in [7, 11) is 0. The van der Waals surface area contributed by atoms with Crippen LogP contribution in [0.5, 0.6) is 0 Å².